The van der Waals surface area contributed by atoms with E-state index in [9.17, 15) is 4.79 Å². The first kappa shape index (κ1) is 11.9. The van der Waals surface area contributed by atoms with Crippen LogP contribution in [-0.4, -0.2) is 38.7 Å². The summed E-state index contributed by atoms with van der Waals surface area (Å²) in [5.41, 5.74) is 0.533. The topological polar surface area (TPSA) is 60.2 Å². The van der Waals surface area contributed by atoms with E-state index in [0.29, 0.717) is 18.7 Å². The molecule has 1 aliphatic rings. The van der Waals surface area contributed by atoms with Crippen molar-refractivity contribution in [2.24, 2.45) is 0 Å². The summed E-state index contributed by atoms with van der Waals surface area (Å²) in [4.78, 5) is 25.7. The van der Waals surface area contributed by atoms with Crippen LogP contribution in [0.1, 0.15) is 23.2 Å². The Morgan fingerprint density at radius 3 is 2.89 bits per heavy atom. The molecule has 0 spiro atoms. The quantitative estimate of drug-likeness (QED) is 0.817. The summed E-state index contributed by atoms with van der Waals surface area (Å²) in [5, 5.41) is 1.41. The molecule has 0 unspecified atom stereocenters. The maximum atomic E-state index is 12.1. The molecular weight excluding hydrogens is 244 g/mol. The molecule has 1 saturated heterocycles. The Hall–Kier alpha value is -2.21. The van der Waals surface area contributed by atoms with Crippen LogP contribution in [0.4, 0.5) is 0 Å². The predicted molar refractivity (Wildman–Crippen MR) is 67.6 cm³/mol. The standard InChI is InChI=1S/C13H14N4O2/c18-13(17-6-1-2-8-19-17)11-3-4-12(15-9-11)16-7-5-14-10-16/h3-5,7,9-10H,1-2,6,8H2. The van der Waals surface area contributed by atoms with Crippen molar-refractivity contribution in [2.45, 2.75) is 12.8 Å². The third-order valence-corrected chi connectivity index (χ3v) is 2.99. The molecule has 0 N–H and O–H groups in total. The normalized spacial score (nSPS) is 15.5. The maximum absolute atomic E-state index is 12.1. The van der Waals surface area contributed by atoms with Crippen molar-refractivity contribution >= 4 is 5.91 Å². The number of hydrogen-bond donors (Lipinski definition) is 0. The summed E-state index contributed by atoms with van der Waals surface area (Å²) in [6.07, 6.45) is 8.70. The van der Waals surface area contributed by atoms with Crippen molar-refractivity contribution in [3.63, 3.8) is 0 Å². The number of imidazole rings is 1. The van der Waals surface area contributed by atoms with Gasteiger partial charge in [0.1, 0.15) is 12.1 Å². The molecule has 0 aliphatic carbocycles. The summed E-state index contributed by atoms with van der Waals surface area (Å²) in [6.45, 7) is 1.24. The smallest absolute Gasteiger partial charge is 0.278 e. The zero-order valence-corrected chi connectivity index (χ0v) is 10.4. The molecule has 0 radical (unpaired) electrons. The molecule has 0 aromatic carbocycles. The maximum Gasteiger partial charge on any atom is 0.278 e. The summed E-state index contributed by atoms with van der Waals surface area (Å²) in [6, 6.07) is 3.54. The zero-order valence-electron chi connectivity index (χ0n) is 10.4. The molecule has 0 atom stereocenters. The predicted octanol–water partition coefficient (Wildman–Crippen LogP) is 1.43. The first-order valence-electron chi connectivity index (χ1n) is 6.24. The monoisotopic (exact) mass is 258 g/mol. The van der Waals surface area contributed by atoms with E-state index in [-0.39, 0.29) is 5.91 Å². The van der Waals surface area contributed by atoms with Gasteiger partial charge >= 0.3 is 0 Å². The van der Waals surface area contributed by atoms with Crippen LogP contribution in [0.5, 0.6) is 0 Å². The van der Waals surface area contributed by atoms with E-state index in [0.717, 1.165) is 18.7 Å². The average molecular weight is 258 g/mol. The van der Waals surface area contributed by atoms with Crippen molar-refractivity contribution in [1.29, 1.82) is 0 Å². The number of hydrogen-bond acceptors (Lipinski definition) is 4. The van der Waals surface area contributed by atoms with E-state index in [1.165, 1.54) is 5.06 Å². The van der Waals surface area contributed by atoms with Gasteiger partial charge in [-0.1, -0.05) is 0 Å². The lowest BCUT2D eigenvalue weighted by molar-refractivity contribution is -0.144. The first-order valence-corrected chi connectivity index (χ1v) is 6.24. The lowest BCUT2D eigenvalue weighted by Gasteiger charge is -2.25. The number of carbonyl (C=O) groups excluding carboxylic acids is 1. The van der Waals surface area contributed by atoms with Gasteiger partial charge in [-0.3, -0.25) is 14.2 Å². The van der Waals surface area contributed by atoms with Crippen LogP contribution in [0.3, 0.4) is 0 Å². The number of aromatic nitrogens is 3. The largest absolute Gasteiger partial charge is 0.291 e. The van der Waals surface area contributed by atoms with Gasteiger partial charge in [-0.05, 0) is 25.0 Å². The Kier molecular flexibility index (Phi) is 3.24. The van der Waals surface area contributed by atoms with Crippen LogP contribution >= 0.6 is 0 Å². The van der Waals surface area contributed by atoms with Gasteiger partial charge in [-0.25, -0.2) is 15.0 Å². The molecule has 0 bridgehead atoms. The Balaban J connectivity index is 1.76. The van der Waals surface area contributed by atoms with Gasteiger partial charge in [0.25, 0.3) is 5.91 Å². The minimum Gasteiger partial charge on any atom is -0.291 e. The molecule has 19 heavy (non-hydrogen) atoms. The molecule has 2 aromatic heterocycles. The molecular formula is C13H14N4O2. The molecule has 2 aromatic rings. The fourth-order valence-corrected chi connectivity index (χ4v) is 1.96. The van der Waals surface area contributed by atoms with E-state index in [1.807, 2.05) is 0 Å². The van der Waals surface area contributed by atoms with Crippen molar-refractivity contribution in [1.82, 2.24) is 19.6 Å². The van der Waals surface area contributed by atoms with Crippen LogP contribution in [0.25, 0.3) is 5.82 Å². The molecule has 3 heterocycles. The third kappa shape index (κ3) is 2.48. The Labute approximate surface area is 110 Å². The number of amides is 1. The van der Waals surface area contributed by atoms with Crippen molar-refractivity contribution in [3.8, 4) is 5.82 Å². The summed E-state index contributed by atoms with van der Waals surface area (Å²) >= 11 is 0. The van der Waals surface area contributed by atoms with Gasteiger partial charge in [0.05, 0.1) is 12.2 Å². The summed E-state index contributed by atoms with van der Waals surface area (Å²) in [7, 11) is 0. The van der Waals surface area contributed by atoms with Gasteiger partial charge in [0.2, 0.25) is 0 Å². The Bertz CT molecular complexity index is 545. The molecule has 1 aliphatic heterocycles. The molecule has 1 fully saturated rings. The highest BCUT2D eigenvalue weighted by molar-refractivity contribution is 5.93. The van der Waals surface area contributed by atoms with E-state index in [2.05, 4.69) is 9.97 Å². The molecule has 1 amide bonds. The third-order valence-electron chi connectivity index (χ3n) is 2.99. The van der Waals surface area contributed by atoms with Crippen LogP contribution in [0.2, 0.25) is 0 Å². The molecule has 6 heteroatoms. The number of carbonyl (C=O) groups is 1. The van der Waals surface area contributed by atoms with E-state index < -0.39 is 0 Å². The molecule has 6 nitrogen and oxygen atoms in total. The molecule has 3 rings (SSSR count). The van der Waals surface area contributed by atoms with Crippen LogP contribution < -0.4 is 0 Å². The van der Waals surface area contributed by atoms with Crippen LogP contribution in [0, 0.1) is 0 Å². The first-order chi connectivity index (χ1) is 9.34. The number of rotatable bonds is 2. The van der Waals surface area contributed by atoms with Crippen LogP contribution in [-0.2, 0) is 4.84 Å². The van der Waals surface area contributed by atoms with Crippen molar-refractivity contribution in [3.05, 3.63) is 42.6 Å². The second kappa shape index (κ2) is 5.19. The molecule has 0 saturated carbocycles. The lowest BCUT2D eigenvalue weighted by Crippen LogP contribution is -2.35. The van der Waals surface area contributed by atoms with Gasteiger partial charge in [0, 0.05) is 25.1 Å². The second-order valence-electron chi connectivity index (χ2n) is 4.32. The highest BCUT2D eigenvalue weighted by atomic mass is 16.7. The summed E-state index contributed by atoms with van der Waals surface area (Å²) < 4.78 is 1.78. The zero-order chi connectivity index (χ0) is 13.1. The Morgan fingerprint density at radius 1 is 1.32 bits per heavy atom. The number of pyridine rings is 1. The molecule has 98 valence electrons. The lowest BCUT2D eigenvalue weighted by atomic mass is 10.2. The highest BCUT2D eigenvalue weighted by Crippen LogP contribution is 2.12. The number of nitrogens with zero attached hydrogens (tertiary/aromatic N) is 4. The minimum absolute atomic E-state index is 0.135. The summed E-state index contributed by atoms with van der Waals surface area (Å²) in [5.74, 6) is 0.595. The van der Waals surface area contributed by atoms with E-state index in [1.54, 1.807) is 41.6 Å². The van der Waals surface area contributed by atoms with E-state index >= 15 is 0 Å². The van der Waals surface area contributed by atoms with E-state index in [4.69, 9.17) is 4.84 Å². The average Bonchev–Trinajstić information content (AvgIpc) is 3.02. The Morgan fingerprint density at radius 2 is 2.26 bits per heavy atom. The van der Waals surface area contributed by atoms with Crippen molar-refractivity contribution in [2.75, 3.05) is 13.2 Å². The second-order valence-corrected chi connectivity index (χ2v) is 4.32. The minimum atomic E-state index is -0.135. The van der Waals surface area contributed by atoms with Gasteiger partial charge in [-0.15, -0.1) is 0 Å². The highest BCUT2D eigenvalue weighted by Gasteiger charge is 2.19. The fraction of sp³-hybridized carbons (Fsp3) is 0.308. The van der Waals surface area contributed by atoms with Gasteiger partial charge < -0.3 is 0 Å². The van der Waals surface area contributed by atoms with Gasteiger partial charge in [0.15, 0.2) is 0 Å². The SMILES string of the molecule is O=C(c1ccc(-n2ccnc2)nc1)N1CCCCO1. The number of hydroxylamine groups is 2. The van der Waals surface area contributed by atoms with Crippen LogP contribution in [0.15, 0.2) is 37.1 Å². The fourth-order valence-electron chi connectivity index (χ4n) is 1.96. The van der Waals surface area contributed by atoms with Crippen molar-refractivity contribution < 1.29 is 9.63 Å². The van der Waals surface area contributed by atoms with Gasteiger partial charge in [-0.2, -0.15) is 0 Å².